The van der Waals surface area contributed by atoms with Gasteiger partial charge in [-0.3, -0.25) is 4.79 Å². The van der Waals surface area contributed by atoms with Gasteiger partial charge < -0.3 is 15.6 Å². The van der Waals surface area contributed by atoms with E-state index in [4.69, 9.17) is 5.73 Å². The number of hydrogen-bond acceptors (Lipinski definition) is 2. The van der Waals surface area contributed by atoms with Crippen LogP contribution in [0.5, 0.6) is 0 Å². The van der Waals surface area contributed by atoms with Crippen LogP contribution in [-0.2, 0) is 7.05 Å². The van der Waals surface area contributed by atoms with E-state index in [1.165, 1.54) is 5.56 Å². The fourth-order valence-electron chi connectivity index (χ4n) is 2.24. The van der Waals surface area contributed by atoms with E-state index in [0.29, 0.717) is 11.4 Å². The number of carbonyl (C=O) groups excluding carboxylic acids is 1. The number of anilines is 1. The minimum absolute atomic E-state index is 0.0372. The van der Waals surface area contributed by atoms with E-state index in [-0.39, 0.29) is 11.9 Å². The zero-order valence-corrected chi connectivity index (χ0v) is 11.5. The third-order valence-corrected chi connectivity index (χ3v) is 3.26. The average molecular weight is 257 g/mol. The van der Waals surface area contributed by atoms with Gasteiger partial charge in [0.05, 0.1) is 11.7 Å². The van der Waals surface area contributed by atoms with Crippen LogP contribution in [0, 0.1) is 6.92 Å². The number of carbonyl (C=O) groups is 1. The van der Waals surface area contributed by atoms with Crippen molar-refractivity contribution in [1.82, 2.24) is 9.88 Å². The molecule has 19 heavy (non-hydrogen) atoms. The third kappa shape index (κ3) is 2.78. The molecular formula is C15H19N3O. The Morgan fingerprint density at radius 2 is 2.05 bits per heavy atom. The summed E-state index contributed by atoms with van der Waals surface area (Å²) in [6.07, 6.45) is 1.73. The summed E-state index contributed by atoms with van der Waals surface area (Å²) in [6.45, 7) is 4.02. The number of hydrogen-bond donors (Lipinski definition) is 2. The van der Waals surface area contributed by atoms with E-state index in [1.54, 1.807) is 16.8 Å². The molecule has 2 rings (SSSR count). The molecule has 0 aliphatic heterocycles. The number of benzene rings is 1. The Balaban J connectivity index is 2.15. The zero-order chi connectivity index (χ0) is 14.0. The second kappa shape index (κ2) is 5.18. The quantitative estimate of drug-likeness (QED) is 0.887. The van der Waals surface area contributed by atoms with Gasteiger partial charge in [0.1, 0.15) is 5.69 Å². The minimum Gasteiger partial charge on any atom is -0.397 e. The van der Waals surface area contributed by atoms with Gasteiger partial charge in [0, 0.05) is 13.2 Å². The maximum Gasteiger partial charge on any atom is 0.268 e. The Morgan fingerprint density at radius 3 is 2.63 bits per heavy atom. The molecule has 1 aromatic carbocycles. The SMILES string of the molecule is Cc1ccccc1C(C)NC(=O)c1cc(N)cn1C. The zero-order valence-electron chi connectivity index (χ0n) is 11.5. The molecule has 100 valence electrons. The van der Waals surface area contributed by atoms with E-state index in [9.17, 15) is 4.79 Å². The van der Waals surface area contributed by atoms with Crippen molar-refractivity contribution in [3.05, 3.63) is 53.3 Å². The third-order valence-electron chi connectivity index (χ3n) is 3.26. The van der Waals surface area contributed by atoms with Gasteiger partial charge in [0.2, 0.25) is 0 Å². The number of aryl methyl sites for hydroxylation is 2. The second-order valence-electron chi connectivity index (χ2n) is 4.82. The first-order valence-electron chi connectivity index (χ1n) is 6.27. The maximum atomic E-state index is 12.2. The minimum atomic E-state index is -0.116. The van der Waals surface area contributed by atoms with Gasteiger partial charge in [-0.2, -0.15) is 0 Å². The van der Waals surface area contributed by atoms with Crippen LogP contribution in [0.4, 0.5) is 5.69 Å². The van der Waals surface area contributed by atoms with E-state index in [2.05, 4.69) is 5.32 Å². The molecule has 1 unspecified atom stereocenters. The molecule has 3 N–H and O–H groups in total. The number of nitrogens with two attached hydrogens (primary N) is 1. The molecule has 0 aliphatic carbocycles. The summed E-state index contributed by atoms with van der Waals surface area (Å²) >= 11 is 0. The Hall–Kier alpha value is -2.23. The van der Waals surface area contributed by atoms with Crippen molar-refractivity contribution < 1.29 is 4.79 Å². The van der Waals surface area contributed by atoms with E-state index in [1.807, 2.05) is 45.2 Å². The highest BCUT2D eigenvalue weighted by Crippen LogP contribution is 2.17. The molecule has 0 spiro atoms. The Kier molecular flexibility index (Phi) is 3.60. The fraction of sp³-hybridized carbons (Fsp3) is 0.267. The topological polar surface area (TPSA) is 60.1 Å². The Labute approximate surface area is 113 Å². The summed E-state index contributed by atoms with van der Waals surface area (Å²) in [5.74, 6) is -0.116. The lowest BCUT2D eigenvalue weighted by Crippen LogP contribution is -2.28. The van der Waals surface area contributed by atoms with E-state index in [0.717, 1.165) is 5.56 Å². The molecule has 0 aliphatic rings. The number of nitrogen functional groups attached to an aromatic ring is 1. The molecule has 1 atom stereocenters. The molecule has 1 amide bonds. The summed E-state index contributed by atoms with van der Waals surface area (Å²) in [5, 5.41) is 2.99. The summed E-state index contributed by atoms with van der Waals surface area (Å²) in [6, 6.07) is 9.68. The molecular weight excluding hydrogens is 238 g/mol. The Bertz CT molecular complexity index is 601. The average Bonchev–Trinajstić information content (AvgIpc) is 2.69. The molecule has 2 aromatic rings. The van der Waals surface area contributed by atoms with Gasteiger partial charge >= 0.3 is 0 Å². The number of nitrogens with zero attached hydrogens (tertiary/aromatic N) is 1. The van der Waals surface area contributed by atoms with Crippen LogP contribution in [0.1, 0.15) is 34.6 Å². The molecule has 0 saturated carbocycles. The van der Waals surface area contributed by atoms with Crippen molar-refractivity contribution >= 4 is 11.6 Å². The normalized spacial score (nSPS) is 12.2. The predicted octanol–water partition coefficient (Wildman–Crippen LogP) is 2.41. The van der Waals surface area contributed by atoms with Gasteiger partial charge in [0.15, 0.2) is 0 Å². The lowest BCUT2D eigenvalue weighted by Gasteiger charge is -2.16. The Morgan fingerprint density at radius 1 is 1.37 bits per heavy atom. The monoisotopic (exact) mass is 257 g/mol. The van der Waals surface area contributed by atoms with Crippen LogP contribution in [0.3, 0.4) is 0 Å². The van der Waals surface area contributed by atoms with Gasteiger partial charge in [-0.25, -0.2) is 0 Å². The van der Waals surface area contributed by atoms with E-state index >= 15 is 0 Å². The highest BCUT2D eigenvalue weighted by Gasteiger charge is 2.15. The standard InChI is InChI=1S/C15H19N3O/c1-10-6-4-5-7-13(10)11(2)17-15(19)14-8-12(16)9-18(14)3/h4-9,11H,16H2,1-3H3,(H,17,19). The van der Waals surface area contributed by atoms with Crippen molar-refractivity contribution in [2.24, 2.45) is 7.05 Å². The van der Waals surface area contributed by atoms with Crippen LogP contribution >= 0.6 is 0 Å². The summed E-state index contributed by atoms with van der Waals surface area (Å²) in [5.41, 5.74) is 9.14. The molecule has 1 heterocycles. The molecule has 0 saturated heterocycles. The highest BCUT2D eigenvalue weighted by atomic mass is 16.2. The van der Waals surface area contributed by atoms with Crippen molar-refractivity contribution in [2.45, 2.75) is 19.9 Å². The molecule has 1 aromatic heterocycles. The number of rotatable bonds is 3. The number of aromatic nitrogens is 1. The first-order valence-corrected chi connectivity index (χ1v) is 6.27. The van der Waals surface area contributed by atoms with Gasteiger partial charge in [-0.15, -0.1) is 0 Å². The van der Waals surface area contributed by atoms with Crippen molar-refractivity contribution in [3.8, 4) is 0 Å². The van der Waals surface area contributed by atoms with Crippen LogP contribution in [0.2, 0.25) is 0 Å². The second-order valence-corrected chi connectivity index (χ2v) is 4.82. The molecule has 0 radical (unpaired) electrons. The van der Waals surface area contributed by atoms with Crippen LogP contribution in [-0.4, -0.2) is 10.5 Å². The molecule has 0 fully saturated rings. The smallest absolute Gasteiger partial charge is 0.268 e. The lowest BCUT2D eigenvalue weighted by atomic mass is 10.0. The van der Waals surface area contributed by atoms with Crippen molar-refractivity contribution in [2.75, 3.05) is 5.73 Å². The largest absolute Gasteiger partial charge is 0.397 e. The fourth-order valence-corrected chi connectivity index (χ4v) is 2.24. The molecule has 0 bridgehead atoms. The van der Waals surface area contributed by atoms with Crippen LogP contribution in [0.25, 0.3) is 0 Å². The number of amides is 1. The maximum absolute atomic E-state index is 12.2. The van der Waals surface area contributed by atoms with Crippen LogP contribution < -0.4 is 11.1 Å². The summed E-state index contributed by atoms with van der Waals surface area (Å²) in [7, 11) is 1.81. The van der Waals surface area contributed by atoms with Crippen molar-refractivity contribution in [3.63, 3.8) is 0 Å². The predicted molar refractivity (Wildman–Crippen MR) is 76.9 cm³/mol. The molecule has 4 nitrogen and oxygen atoms in total. The number of nitrogens with one attached hydrogen (secondary N) is 1. The van der Waals surface area contributed by atoms with Gasteiger partial charge in [-0.1, -0.05) is 24.3 Å². The van der Waals surface area contributed by atoms with Crippen LogP contribution in [0.15, 0.2) is 36.5 Å². The van der Waals surface area contributed by atoms with Crippen molar-refractivity contribution in [1.29, 1.82) is 0 Å². The summed E-state index contributed by atoms with van der Waals surface area (Å²) in [4.78, 5) is 12.2. The lowest BCUT2D eigenvalue weighted by molar-refractivity contribution is 0.0931. The first kappa shape index (κ1) is 13.2. The summed E-state index contributed by atoms with van der Waals surface area (Å²) < 4.78 is 1.73. The first-order chi connectivity index (χ1) is 8.99. The van der Waals surface area contributed by atoms with Gasteiger partial charge in [0.25, 0.3) is 5.91 Å². The van der Waals surface area contributed by atoms with Gasteiger partial charge in [-0.05, 0) is 31.0 Å². The highest BCUT2D eigenvalue weighted by molar-refractivity contribution is 5.94. The molecule has 4 heteroatoms. The van der Waals surface area contributed by atoms with E-state index < -0.39 is 0 Å².